The minimum Gasteiger partial charge on any atom is -0.441 e. The van der Waals surface area contributed by atoms with Crippen LogP contribution in [0.25, 0.3) is 11.1 Å². The van der Waals surface area contributed by atoms with Gasteiger partial charge in [0.1, 0.15) is 5.52 Å². The Labute approximate surface area is 113 Å². The average molecular weight is 309 g/mol. The summed E-state index contributed by atoms with van der Waals surface area (Å²) in [6.07, 6.45) is 0.505. The van der Waals surface area contributed by atoms with Gasteiger partial charge in [0.2, 0.25) is 0 Å². The standard InChI is InChI=1S/C10H8Cl2NO4S/c11-6-4-8-9(5-7(6)12)17-10(13-8)2-1-3-18(14,15)16/h5H,1-3H2,(H,14,15,16). The summed E-state index contributed by atoms with van der Waals surface area (Å²) in [5.41, 5.74) is 0.873. The van der Waals surface area contributed by atoms with E-state index in [1.165, 1.54) is 6.07 Å². The monoisotopic (exact) mass is 308 g/mol. The van der Waals surface area contributed by atoms with Gasteiger partial charge in [0, 0.05) is 18.6 Å². The van der Waals surface area contributed by atoms with E-state index in [0.29, 0.717) is 22.0 Å². The quantitative estimate of drug-likeness (QED) is 0.878. The molecule has 1 radical (unpaired) electrons. The number of aryl methyl sites for hydroxylation is 1. The first-order valence-corrected chi connectivity index (χ1v) is 7.33. The van der Waals surface area contributed by atoms with Crippen molar-refractivity contribution in [1.29, 1.82) is 0 Å². The van der Waals surface area contributed by atoms with Gasteiger partial charge in [0.05, 0.1) is 15.8 Å². The topological polar surface area (TPSA) is 80.4 Å². The van der Waals surface area contributed by atoms with Crippen LogP contribution in [0.1, 0.15) is 12.3 Å². The molecule has 0 atom stereocenters. The summed E-state index contributed by atoms with van der Waals surface area (Å²) in [6.45, 7) is 0. The third-order valence-corrected chi connectivity index (χ3v) is 3.68. The molecule has 8 heteroatoms. The van der Waals surface area contributed by atoms with Crippen molar-refractivity contribution in [3.05, 3.63) is 28.1 Å². The molecule has 1 N–H and O–H groups in total. The SMILES string of the molecule is O=S(=O)(O)CCCc1nc2[c]c(Cl)c(Cl)cc2o1. The molecule has 0 bridgehead atoms. The van der Waals surface area contributed by atoms with Crippen molar-refractivity contribution in [2.45, 2.75) is 12.8 Å². The van der Waals surface area contributed by atoms with Gasteiger partial charge in [-0.1, -0.05) is 23.2 Å². The number of rotatable bonds is 4. The van der Waals surface area contributed by atoms with Crippen LogP contribution in [0, 0.1) is 6.07 Å². The molecule has 0 aliphatic carbocycles. The van der Waals surface area contributed by atoms with E-state index in [2.05, 4.69) is 11.1 Å². The Morgan fingerprint density at radius 2 is 2.17 bits per heavy atom. The van der Waals surface area contributed by atoms with Crippen molar-refractivity contribution < 1.29 is 17.4 Å². The van der Waals surface area contributed by atoms with Crippen LogP contribution < -0.4 is 0 Å². The largest absolute Gasteiger partial charge is 0.441 e. The lowest BCUT2D eigenvalue weighted by atomic mass is 10.3. The first-order chi connectivity index (χ1) is 8.35. The lowest BCUT2D eigenvalue weighted by Crippen LogP contribution is -2.04. The third-order valence-electron chi connectivity index (χ3n) is 2.19. The van der Waals surface area contributed by atoms with Crippen LogP contribution in [0.5, 0.6) is 0 Å². The summed E-state index contributed by atoms with van der Waals surface area (Å²) in [5.74, 6) is 0.0139. The zero-order valence-electron chi connectivity index (χ0n) is 8.98. The highest BCUT2D eigenvalue weighted by Gasteiger charge is 2.11. The van der Waals surface area contributed by atoms with Crippen LogP contribution in [-0.2, 0) is 16.5 Å². The van der Waals surface area contributed by atoms with E-state index in [4.69, 9.17) is 32.2 Å². The molecule has 0 aliphatic heterocycles. The van der Waals surface area contributed by atoms with Crippen molar-refractivity contribution >= 4 is 44.4 Å². The summed E-state index contributed by atoms with van der Waals surface area (Å²) < 4.78 is 35.0. The van der Waals surface area contributed by atoms with Crippen LogP contribution in [0.2, 0.25) is 10.0 Å². The molecular formula is C10H8Cl2NO4S. The van der Waals surface area contributed by atoms with Crippen LogP contribution in [-0.4, -0.2) is 23.7 Å². The molecule has 97 valence electrons. The zero-order chi connectivity index (χ0) is 13.3. The van der Waals surface area contributed by atoms with Crippen molar-refractivity contribution in [2.75, 3.05) is 5.75 Å². The van der Waals surface area contributed by atoms with E-state index in [9.17, 15) is 8.42 Å². The van der Waals surface area contributed by atoms with Crippen LogP contribution in [0.3, 0.4) is 0 Å². The Hall–Kier alpha value is -0.820. The van der Waals surface area contributed by atoms with Crippen LogP contribution >= 0.6 is 23.2 Å². The van der Waals surface area contributed by atoms with Gasteiger partial charge in [0.25, 0.3) is 10.1 Å². The summed E-state index contributed by atoms with van der Waals surface area (Å²) in [4.78, 5) is 4.09. The predicted octanol–water partition coefficient (Wildman–Crippen LogP) is 2.76. The molecule has 5 nitrogen and oxygen atoms in total. The van der Waals surface area contributed by atoms with Crippen molar-refractivity contribution in [3.63, 3.8) is 0 Å². The predicted molar refractivity (Wildman–Crippen MR) is 67.6 cm³/mol. The molecule has 1 aromatic carbocycles. The number of halogens is 2. The third kappa shape index (κ3) is 3.35. The maximum Gasteiger partial charge on any atom is 0.264 e. The summed E-state index contributed by atoms with van der Waals surface area (Å²) in [5, 5.41) is 0.562. The second kappa shape index (κ2) is 5.05. The first kappa shape index (κ1) is 13.6. The summed E-state index contributed by atoms with van der Waals surface area (Å²) >= 11 is 11.6. The normalized spacial score (nSPS) is 12.2. The summed E-state index contributed by atoms with van der Waals surface area (Å²) in [7, 11) is -3.96. The molecule has 2 rings (SSSR count). The molecule has 0 saturated heterocycles. The number of hydrogen-bond donors (Lipinski definition) is 1. The van der Waals surface area contributed by atoms with E-state index < -0.39 is 10.1 Å². The van der Waals surface area contributed by atoms with E-state index >= 15 is 0 Å². The molecular weight excluding hydrogens is 301 g/mol. The molecule has 0 amide bonds. The Kier molecular flexibility index (Phi) is 3.82. The number of nitrogens with zero attached hydrogens (tertiary/aromatic N) is 1. The van der Waals surface area contributed by atoms with Crippen molar-refractivity contribution in [1.82, 2.24) is 4.98 Å². The molecule has 0 aliphatic rings. The lowest BCUT2D eigenvalue weighted by Gasteiger charge is -1.94. The first-order valence-electron chi connectivity index (χ1n) is 4.97. The maximum atomic E-state index is 10.5. The van der Waals surface area contributed by atoms with E-state index in [0.717, 1.165) is 0 Å². The molecule has 1 heterocycles. The Balaban J connectivity index is 2.15. The van der Waals surface area contributed by atoms with Crippen LogP contribution in [0.4, 0.5) is 0 Å². The number of hydrogen-bond acceptors (Lipinski definition) is 4. The number of fused-ring (bicyclic) bond motifs is 1. The van der Waals surface area contributed by atoms with E-state index in [1.54, 1.807) is 0 Å². The molecule has 1 aromatic heterocycles. The smallest absolute Gasteiger partial charge is 0.264 e. The van der Waals surface area contributed by atoms with Gasteiger partial charge in [-0.2, -0.15) is 8.42 Å². The average Bonchev–Trinajstić information content (AvgIpc) is 2.58. The minimum absolute atomic E-state index is 0.215. The van der Waals surface area contributed by atoms with E-state index in [-0.39, 0.29) is 23.6 Å². The van der Waals surface area contributed by atoms with Gasteiger partial charge in [-0.3, -0.25) is 4.55 Å². The Morgan fingerprint density at radius 1 is 1.44 bits per heavy atom. The highest BCUT2D eigenvalue weighted by molar-refractivity contribution is 7.85. The van der Waals surface area contributed by atoms with E-state index in [1.807, 2.05) is 0 Å². The van der Waals surface area contributed by atoms with Gasteiger partial charge in [-0.05, 0) is 6.42 Å². The van der Waals surface area contributed by atoms with Gasteiger partial charge < -0.3 is 4.42 Å². The van der Waals surface area contributed by atoms with Gasteiger partial charge >= 0.3 is 0 Å². The van der Waals surface area contributed by atoms with Crippen molar-refractivity contribution in [2.24, 2.45) is 0 Å². The summed E-state index contributed by atoms with van der Waals surface area (Å²) in [6, 6.07) is 4.27. The Bertz CT molecular complexity index is 641. The minimum atomic E-state index is -3.96. The number of oxazole rings is 1. The molecule has 0 unspecified atom stereocenters. The highest BCUT2D eigenvalue weighted by Crippen LogP contribution is 2.27. The van der Waals surface area contributed by atoms with Crippen LogP contribution in [0.15, 0.2) is 10.5 Å². The fourth-order valence-corrected chi connectivity index (χ4v) is 2.22. The fraction of sp³-hybridized carbons (Fsp3) is 0.300. The maximum absolute atomic E-state index is 10.5. The Morgan fingerprint density at radius 3 is 2.83 bits per heavy atom. The lowest BCUT2D eigenvalue weighted by molar-refractivity contribution is 0.477. The highest BCUT2D eigenvalue weighted by atomic mass is 35.5. The van der Waals surface area contributed by atoms with Gasteiger partial charge in [-0.25, -0.2) is 4.98 Å². The second-order valence-electron chi connectivity index (χ2n) is 3.64. The fourth-order valence-electron chi connectivity index (χ4n) is 1.42. The number of benzene rings is 1. The zero-order valence-corrected chi connectivity index (χ0v) is 11.3. The van der Waals surface area contributed by atoms with Gasteiger partial charge in [0.15, 0.2) is 11.5 Å². The molecule has 2 aromatic rings. The molecule has 0 spiro atoms. The van der Waals surface area contributed by atoms with Crippen molar-refractivity contribution in [3.8, 4) is 0 Å². The molecule has 0 fully saturated rings. The molecule has 18 heavy (non-hydrogen) atoms. The number of aromatic nitrogens is 1. The second-order valence-corrected chi connectivity index (χ2v) is 6.00. The van der Waals surface area contributed by atoms with Gasteiger partial charge in [-0.15, -0.1) is 0 Å². The molecule has 0 saturated carbocycles.